The van der Waals surface area contributed by atoms with Crippen molar-refractivity contribution in [3.63, 3.8) is 0 Å². The molecule has 0 spiro atoms. The van der Waals surface area contributed by atoms with Gasteiger partial charge >= 0.3 is 0 Å². The molecule has 1 N–H and O–H groups in total. The van der Waals surface area contributed by atoms with Crippen LogP contribution < -0.4 is 10.1 Å². The Bertz CT molecular complexity index is 1230. The fourth-order valence-corrected chi connectivity index (χ4v) is 7.05. The lowest BCUT2D eigenvalue weighted by Crippen LogP contribution is -2.28. The summed E-state index contributed by atoms with van der Waals surface area (Å²) in [4.78, 5) is 19.5. The number of carbonyl (C=O) groups is 1. The van der Waals surface area contributed by atoms with Crippen LogP contribution in [0.1, 0.15) is 66.2 Å². The molecule has 1 aromatic carbocycles. The van der Waals surface area contributed by atoms with Crippen molar-refractivity contribution in [1.29, 1.82) is 0 Å². The number of furan rings is 1. The maximum absolute atomic E-state index is 13.4. The molecule has 2 aromatic heterocycles. The van der Waals surface area contributed by atoms with Gasteiger partial charge in [0.15, 0.2) is 0 Å². The predicted molar refractivity (Wildman–Crippen MR) is 149 cm³/mol. The third-order valence-electron chi connectivity index (χ3n) is 6.35. The molecule has 1 aliphatic carbocycles. The Morgan fingerprint density at radius 1 is 1.34 bits per heavy atom. The van der Waals surface area contributed by atoms with Gasteiger partial charge in [0.2, 0.25) is 0 Å². The number of thiophene rings is 1. The van der Waals surface area contributed by atoms with Crippen LogP contribution in [0.15, 0.2) is 48.9 Å². The lowest BCUT2D eigenvalue weighted by atomic mass is 9.72. The van der Waals surface area contributed by atoms with Gasteiger partial charge in [-0.3, -0.25) is 4.79 Å². The zero-order valence-corrected chi connectivity index (χ0v) is 24.4. The fourth-order valence-electron chi connectivity index (χ4n) is 4.41. The quantitative estimate of drug-likeness (QED) is 0.271. The first kappa shape index (κ1) is 26.2. The van der Waals surface area contributed by atoms with Crippen LogP contribution in [0.3, 0.4) is 0 Å². The molecule has 0 bridgehead atoms. The van der Waals surface area contributed by atoms with Crippen molar-refractivity contribution in [3.05, 3.63) is 66.8 Å². The highest BCUT2D eigenvalue weighted by atomic mass is 79.9. The van der Waals surface area contributed by atoms with Crippen LogP contribution in [0.2, 0.25) is 0 Å². The summed E-state index contributed by atoms with van der Waals surface area (Å²) in [5.74, 6) is 1.92. The second-order valence-corrected chi connectivity index (χ2v) is 12.6. The van der Waals surface area contributed by atoms with Crippen LogP contribution in [-0.4, -0.2) is 18.7 Å². The van der Waals surface area contributed by atoms with E-state index in [0.717, 1.165) is 55.8 Å². The number of benzene rings is 1. The van der Waals surface area contributed by atoms with Crippen LogP contribution >= 0.6 is 43.2 Å². The molecule has 186 valence electrons. The van der Waals surface area contributed by atoms with Crippen LogP contribution in [0.4, 0.5) is 5.00 Å². The van der Waals surface area contributed by atoms with E-state index < -0.39 is 0 Å². The molecule has 2 heterocycles. The number of halogens is 2. The Morgan fingerprint density at radius 2 is 2.14 bits per heavy atom. The van der Waals surface area contributed by atoms with E-state index in [1.807, 2.05) is 31.2 Å². The number of amides is 1. The average Bonchev–Trinajstić information content (AvgIpc) is 3.44. The topological polar surface area (TPSA) is 63.8 Å². The summed E-state index contributed by atoms with van der Waals surface area (Å²) < 4.78 is 13.0. The number of hydrogen-bond acceptors (Lipinski definition) is 5. The third kappa shape index (κ3) is 6.09. The molecule has 0 saturated heterocycles. The zero-order chi connectivity index (χ0) is 25.2. The number of carbonyl (C=O) groups excluding carboxylic acids is 1. The summed E-state index contributed by atoms with van der Waals surface area (Å²) in [6.45, 7) is 9.74. The molecule has 0 saturated carbocycles. The minimum atomic E-state index is -0.110. The SMILES string of the molecule is CCOc1c(Br)cc(Br)cc1C=Nc1sc2c(c1C(=O)NCc1ccco1)CC[C@@H](C(C)(C)C)C2. The van der Waals surface area contributed by atoms with Crippen molar-refractivity contribution < 1.29 is 13.9 Å². The summed E-state index contributed by atoms with van der Waals surface area (Å²) in [5, 5.41) is 3.76. The Kier molecular flexibility index (Phi) is 8.23. The summed E-state index contributed by atoms with van der Waals surface area (Å²) in [6, 6.07) is 7.60. The van der Waals surface area contributed by atoms with Gasteiger partial charge in [-0.15, -0.1) is 11.3 Å². The van der Waals surface area contributed by atoms with E-state index in [1.54, 1.807) is 23.8 Å². The smallest absolute Gasteiger partial charge is 0.255 e. The lowest BCUT2D eigenvalue weighted by Gasteiger charge is -2.33. The normalized spacial score (nSPS) is 15.9. The molecule has 0 radical (unpaired) electrons. The molecule has 1 amide bonds. The minimum Gasteiger partial charge on any atom is -0.492 e. The Morgan fingerprint density at radius 3 is 2.83 bits per heavy atom. The van der Waals surface area contributed by atoms with Crippen LogP contribution in [-0.2, 0) is 19.4 Å². The Labute approximate surface area is 227 Å². The molecule has 1 atom stereocenters. The summed E-state index contributed by atoms with van der Waals surface area (Å²) in [5.41, 5.74) is 2.89. The molecule has 5 nitrogen and oxygen atoms in total. The number of rotatable bonds is 7. The monoisotopic (exact) mass is 620 g/mol. The number of ether oxygens (including phenoxy) is 1. The Balaban J connectivity index is 1.71. The molecular formula is C27H30Br2N2O3S. The lowest BCUT2D eigenvalue weighted by molar-refractivity contribution is 0.0947. The number of fused-ring (bicyclic) bond motifs is 1. The first-order valence-electron chi connectivity index (χ1n) is 11.8. The van der Waals surface area contributed by atoms with E-state index in [4.69, 9.17) is 14.1 Å². The van der Waals surface area contributed by atoms with E-state index in [-0.39, 0.29) is 11.3 Å². The van der Waals surface area contributed by atoms with Gasteiger partial charge in [-0.1, -0.05) is 36.7 Å². The minimum absolute atomic E-state index is 0.110. The van der Waals surface area contributed by atoms with E-state index in [0.29, 0.717) is 24.6 Å². The fraction of sp³-hybridized carbons (Fsp3) is 0.407. The highest BCUT2D eigenvalue weighted by molar-refractivity contribution is 9.11. The second kappa shape index (κ2) is 11.0. The molecule has 8 heteroatoms. The van der Waals surface area contributed by atoms with Crippen molar-refractivity contribution in [2.75, 3.05) is 6.61 Å². The van der Waals surface area contributed by atoms with E-state index >= 15 is 0 Å². The summed E-state index contributed by atoms with van der Waals surface area (Å²) >= 11 is 8.78. The van der Waals surface area contributed by atoms with E-state index in [2.05, 4.69) is 57.9 Å². The van der Waals surface area contributed by atoms with Gasteiger partial charge < -0.3 is 14.5 Å². The molecule has 0 aliphatic heterocycles. The predicted octanol–water partition coefficient (Wildman–Crippen LogP) is 8.10. The van der Waals surface area contributed by atoms with E-state index in [1.165, 1.54) is 4.88 Å². The third-order valence-corrected chi connectivity index (χ3v) is 8.56. The molecule has 3 aromatic rings. The second-order valence-electron chi connectivity index (χ2n) is 9.75. The molecule has 4 rings (SSSR count). The number of aliphatic imine (C=N–C) groups is 1. The number of nitrogens with zero attached hydrogens (tertiary/aromatic N) is 1. The molecule has 0 fully saturated rings. The van der Waals surface area contributed by atoms with Crippen LogP contribution in [0.25, 0.3) is 0 Å². The van der Waals surface area contributed by atoms with E-state index in [9.17, 15) is 4.79 Å². The molecule has 0 unspecified atom stereocenters. The van der Waals surface area contributed by atoms with Crippen molar-refractivity contribution >= 4 is 60.3 Å². The standard InChI is InChI=1S/C27H30Br2N2O3S/c1-5-33-24-16(11-18(28)13-21(24)29)14-31-26-23(25(32)30-15-19-7-6-10-34-19)20-9-8-17(27(2,3)4)12-22(20)35-26/h6-7,10-11,13-14,17H,5,8-9,12,15H2,1-4H3,(H,30,32)/t17-/m1/s1. The van der Waals surface area contributed by atoms with Gasteiger partial charge in [0.05, 0.1) is 29.5 Å². The summed E-state index contributed by atoms with van der Waals surface area (Å²) in [7, 11) is 0. The highest BCUT2D eigenvalue weighted by Crippen LogP contribution is 2.45. The van der Waals surface area contributed by atoms with Crippen molar-refractivity contribution in [1.82, 2.24) is 5.32 Å². The maximum Gasteiger partial charge on any atom is 0.255 e. The molecular weight excluding hydrogens is 592 g/mol. The highest BCUT2D eigenvalue weighted by Gasteiger charge is 2.33. The van der Waals surface area contributed by atoms with Gasteiger partial charge in [0.1, 0.15) is 16.5 Å². The first-order chi connectivity index (χ1) is 16.7. The van der Waals surface area contributed by atoms with Gasteiger partial charge in [-0.25, -0.2) is 4.99 Å². The van der Waals surface area contributed by atoms with Gasteiger partial charge in [-0.2, -0.15) is 0 Å². The number of hydrogen-bond donors (Lipinski definition) is 1. The van der Waals surface area contributed by atoms with Crippen LogP contribution in [0, 0.1) is 11.3 Å². The van der Waals surface area contributed by atoms with Crippen LogP contribution in [0.5, 0.6) is 5.75 Å². The average molecular weight is 622 g/mol. The van der Waals surface area contributed by atoms with Gasteiger partial charge in [0, 0.05) is 21.1 Å². The Hall–Kier alpha value is -1.90. The van der Waals surface area contributed by atoms with Gasteiger partial charge in [-0.05, 0) is 83.3 Å². The van der Waals surface area contributed by atoms with Crippen molar-refractivity contribution in [2.24, 2.45) is 16.3 Å². The largest absolute Gasteiger partial charge is 0.492 e. The van der Waals surface area contributed by atoms with Gasteiger partial charge in [0.25, 0.3) is 5.91 Å². The zero-order valence-electron chi connectivity index (χ0n) is 20.4. The summed E-state index contributed by atoms with van der Waals surface area (Å²) in [6.07, 6.45) is 6.34. The molecule has 1 aliphatic rings. The first-order valence-corrected chi connectivity index (χ1v) is 14.2. The number of nitrogens with one attached hydrogen (secondary N) is 1. The maximum atomic E-state index is 13.4. The van der Waals surface area contributed by atoms with Crippen molar-refractivity contribution in [3.8, 4) is 5.75 Å². The van der Waals surface area contributed by atoms with Crippen molar-refractivity contribution in [2.45, 2.75) is 53.5 Å². The molecule has 35 heavy (non-hydrogen) atoms.